The van der Waals surface area contributed by atoms with Crippen molar-refractivity contribution in [3.8, 4) is 0 Å². The van der Waals surface area contributed by atoms with E-state index in [1.807, 2.05) is 58.0 Å². The van der Waals surface area contributed by atoms with Crippen LogP contribution in [0.3, 0.4) is 0 Å². The topological polar surface area (TPSA) is 146 Å². The molecular formula is C27H40N2O10. The van der Waals surface area contributed by atoms with Gasteiger partial charge in [0.05, 0.1) is 38.9 Å². The second-order valence-electron chi connectivity index (χ2n) is 10.6. The standard InChI is InChI=1S/C27H40N2O10/c1-26(2)35-16-19(37-26)21-22(23-25(36-21)39-27(3,4)38-23)33-13-12-32-11-10-29-24(31)18(28)14-20(30)34-15-17-8-6-5-7-9-17/h5-9,18-19,21-23,25H,10-16,28H2,1-4H3,(H,29,31)/t18?,19?,21-,22-,23?,25-/m1/s1. The molecule has 1 aromatic rings. The average Bonchev–Trinajstić information content (AvgIpc) is 3.51. The van der Waals surface area contributed by atoms with E-state index in [1.165, 1.54) is 0 Å². The minimum absolute atomic E-state index is 0.134. The Hall–Kier alpha value is -2.16. The predicted molar refractivity (Wildman–Crippen MR) is 136 cm³/mol. The minimum Gasteiger partial charge on any atom is -0.461 e. The van der Waals surface area contributed by atoms with E-state index in [2.05, 4.69) is 5.32 Å². The normalized spacial score (nSPS) is 29.6. The second-order valence-corrected chi connectivity index (χ2v) is 10.6. The van der Waals surface area contributed by atoms with E-state index in [-0.39, 0.29) is 45.5 Å². The van der Waals surface area contributed by atoms with E-state index in [9.17, 15) is 9.59 Å². The smallest absolute Gasteiger partial charge is 0.308 e. The van der Waals surface area contributed by atoms with E-state index < -0.39 is 54.1 Å². The van der Waals surface area contributed by atoms with Gasteiger partial charge in [0.25, 0.3) is 0 Å². The van der Waals surface area contributed by atoms with Crippen LogP contribution in [0, 0.1) is 0 Å². The molecule has 6 atom stereocenters. The average molecular weight is 553 g/mol. The first-order valence-electron chi connectivity index (χ1n) is 13.3. The van der Waals surface area contributed by atoms with Gasteiger partial charge in [-0.05, 0) is 33.3 Å². The predicted octanol–water partition coefficient (Wildman–Crippen LogP) is 0.993. The van der Waals surface area contributed by atoms with E-state index in [0.717, 1.165) is 5.56 Å². The van der Waals surface area contributed by atoms with Gasteiger partial charge in [-0.15, -0.1) is 0 Å². The van der Waals surface area contributed by atoms with E-state index >= 15 is 0 Å². The van der Waals surface area contributed by atoms with Crippen LogP contribution in [0.15, 0.2) is 30.3 Å². The maximum Gasteiger partial charge on any atom is 0.308 e. The number of hydrogen-bond acceptors (Lipinski definition) is 11. The van der Waals surface area contributed by atoms with Gasteiger partial charge in [-0.1, -0.05) is 30.3 Å². The quantitative estimate of drug-likeness (QED) is 0.267. The van der Waals surface area contributed by atoms with Crippen LogP contribution >= 0.6 is 0 Å². The van der Waals surface area contributed by atoms with Gasteiger partial charge in [0, 0.05) is 6.54 Å². The lowest BCUT2D eigenvalue weighted by Gasteiger charge is -2.29. The summed E-state index contributed by atoms with van der Waals surface area (Å²) in [5.41, 5.74) is 6.70. The molecular weight excluding hydrogens is 512 g/mol. The Bertz CT molecular complexity index is 959. The number of nitrogens with one attached hydrogen (secondary N) is 1. The molecule has 0 saturated carbocycles. The number of benzene rings is 1. The van der Waals surface area contributed by atoms with Crippen LogP contribution < -0.4 is 11.1 Å². The Morgan fingerprint density at radius 1 is 1.03 bits per heavy atom. The van der Waals surface area contributed by atoms with Crippen molar-refractivity contribution in [1.82, 2.24) is 5.32 Å². The van der Waals surface area contributed by atoms with Crippen molar-refractivity contribution in [2.24, 2.45) is 5.73 Å². The zero-order valence-electron chi connectivity index (χ0n) is 23.0. The highest BCUT2D eigenvalue weighted by molar-refractivity contribution is 5.86. The SMILES string of the molecule is CC1(C)OCC([C@H]2O[C@@H]3OC(C)(C)OC3[C@@H]2OCCOCCNC(=O)C(N)CC(=O)OCc2ccccc2)O1. The van der Waals surface area contributed by atoms with Crippen molar-refractivity contribution in [3.05, 3.63) is 35.9 Å². The molecule has 218 valence electrons. The third kappa shape index (κ3) is 8.41. The summed E-state index contributed by atoms with van der Waals surface area (Å²) in [7, 11) is 0. The highest BCUT2D eigenvalue weighted by Gasteiger charge is 2.58. The van der Waals surface area contributed by atoms with Gasteiger partial charge >= 0.3 is 5.97 Å². The molecule has 3 heterocycles. The Morgan fingerprint density at radius 2 is 1.79 bits per heavy atom. The highest BCUT2D eigenvalue weighted by Crippen LogP contribution is 2.41. The van der Waals surface area contributed by atoms with Crippen molar-refractivity contribution in [1.29, 1.82) is 0 Å². The lowest BCUT2D eigenvalue weighted by Crippen LogP contribution is -2.44. The van der Waals surface area contributed by atoms with Crippen molar-refractivity contribution < 1.29 is 47.5 Å². The lowest BCUT2D eigenvalue weighted by atomic mass is 10.1. The minimum atomic E-state index is -1.01. The van der Waals surface area contributed by atoms with Crippen LogP contribution in [0.5, 0.6) is 0 Å². The number of rotatable bonds is 13. The number of ether oxygens (including phenoxy) is 8. The van der Waals surface area contributed by atoms with Crippen LogP contribution in [-0.4, -0.2) is 93.2 Å². The molecule has 3 saturated heterocycles. The zero-order chi connectivity index (χ0) is 28.0. The molecule has 12 nitrogen and oxygen atoms in total. The van der Waals surface area contributed by atoms with Crippen molar-refractivity contribution in [2.45, 2.75) is 89.0 Å². The molecule has 0 spiro atoms. The molecule has 3 unspecified atom stereocenters. The van der Waals surface area contributed by atoms with Crippen LogP contribution in [0.4, 0.5) is 0 Å². The Labute approximate surface area is 228 Å². The maximum absolute atomic E-state index is 12.2. The Morgan fingerprint density at radius 3 is 2.51 bits per heavy atom. The van der Waals surface area contributed by atoms with E-state index in [0.29, 0.717) is 6.61 Å². The fourth-order valence-corrected chi connectivity index (χ4v) is 4.66. The van der Waals surface area contributed by atoms with Gasteiger partial charge in [-0.25, -0.2) is 0 Å². The summed E-state index contributed by atoms with van der Waals surface area (Å²) in [5.74, 6) is -2.46. The fraction of sp³-hybridized carbons (Fsp3) is 0.704. The molecule has 0 radical (unpaired) electrons. The molecule has 3 fully saturated rings. The third-order valence-electron chi connectivity index (χ3n) is 6.47. The second kappa shape index (κ2) is 13.0. The molecule has 4 rings (SSSR count). The van der Waals surface area contributed by atoms with Crippen LogP contribution in [-0.2, 0) is 54.1 Å². The van der Waals surface area contributed by atoms with Crippen molar-refractivity contribution >= 4 is 11.9 Å². The third-order valence-corrected chi connectivity index (χ3v) is 6.47. The number of esters is 1. The van der Waals surface area contributed by atoms with E-state index in [4.69, 9.17) is 43.6 Å². The number of amides is 1. The number of nitrogens with two attached hydrogens (primary N) is 1. The van der Waals surface area contributed by atoms with E-state index in [1.54, 1.807) is 0 Å². The van der Waals surface area contributed by atoms with Gasteiger partial charge in [0.15, 0.2) is 17.9 Å². The van der Waals surface area contributed by atoms with Gasteiger partial charge in [-0.2, -0.15) is 0 Å². The highest BCUT2D eigenvalue weighted by atomic mass is 16.8. The maximum atomic E-state index is 12.2. The fourth-order valence-electron chi connectivity index (χ4n) is 4.66. The summed E-state index contributed by atoms with van der Waals surface area (Å²) < 4.78 is 46.6. The monoisotopic (exact) mass is 552 g/mol. The summed E-state index contributed by atoms with van der Waals surface area (Å²) in [5, 5.41) is 2.66. The zero-order valence-corrected chi connectivity index (χ0v) is 23.0. The van der Waals surface area contributed by atoms with Gasteiger partial charge < -0.3 is 48.9 Å². The first-order chi connectivity index (χ1) is 18.5. The summed E-state index contributed by atoms with van der Waals surface area (Å²) in [6, 6.07) is 8.27. The van der Waals surface area contributed by atoms with Crippen LogP contribution in [0.1, 0.15) is 39.7 Å². The van der Waals surface area contributed by atoms with Crippen molar-refractivity contribution in [3.63, 3.8) is 0 Å². The molecule has 0 aliphatic carbocycles. The molecule has 12 heteroatoms. The summed E-state index contributed by atoms with van der Waals surface area (Å²) in [4.78, 5) is 24.2. The van der Waals surface area contributed by atoms with Gasteiger partial charge in [0.1, 0.15) is 31.0 Å². The first kappa shape index (κ1) is 29.8. The summed E-state index contributed by atoms with van der Waals surface area (Å²) in [6.07, 6.45) is -2.34. The van der Waals surface area contributed by atoms with Crippen LogP contribution in [0.25, 0.3) is 0 Å². The number of fused-ring (bicyclic) bond motifs is 1. The molecule has 3 aliphatic heterocycles. The lowest BCUT2D eigenvalue weighted by molar-refractivity contribution is -0.236. The number of carbonyl (C=O) groups excluding carboxylic acids is 2. The summed E-state index contributed by atoms with van der Waals surface area (Å²) >= 11 is 0. The molecule has 3 N–H and O–H groups in total. The molecule has 1 amide bonds. The van der Waals surface area contributed by atoms with Crippen molar-refractivity contribution in [2.75, 3.05) is 33.0 Å². The molecule has 0 bridgehead atoms. The first-order valence-corrected chi connectivity index (χ1v) is 13.3. The van der Waals surface area contributed by atoms with Gasteiger partial charge in [0.2, 0.25) is 5.91 Å². The Kier molecular flexibility index (Phi) is 9.94. The molecule has 39 heavy (non-hydrogen) atoms. The largest absolute Gasteiger partial charge is 0.461 e. The Balaban J connectivity index is 1.11. The number of carbonyl (C=O) groups is 2. The number of hydrogen-bond donors (Lipinski definition) is 2. The molecule has 0 aromatic heterocycles. The molecule has 3 aliphatic rings. The van der Waals surface area contributed by atoms with Gasteiger partial charge in [-0.3, -0.25) is 9.59 Å². The molecule has 1 aromatic carbocycles. The summed E-state index contributed by atoms with van der Waals surface area (Å²) in [6.45, 7) is 8.92. The van der Waals surface area contributed by atoms with Crippen LogP contribution in [0.2, 0.25) is 0 Å².